The number of hydrogen-bond donors (Lipinski definition) is 1. The molecular formula is C21H22F3N3O3S. The summed E-state index contributed by atoms with van der Waals surface area (Å²) in [4.78, 5) is 5.91. The second-order valence-electron chi connectivity index (χ2n) is 7.10. The van der Waals surface area contributed by atoms with Crippen molar-refractivity contribution >= 4 is 15.7 Å². The molecule has 0 aliphatic carbocycles. The molecule has 1 heterocycles. The van der Waals surface area contributed by atoms with Gasteiger partial charge in [-0.05, 0) is 51.3 Å². The number of aromatic nitrogens is 1. The van der Waals surface area contributed by atoms with Crippen LogP contribution in [0.1, 0.15) is 12.0 Å². The summed E-state index contributed by atoms with van der Waals surface area (Å²) in [6.07, 6.45) is -3.99. The lowest BCUT2D eigenvalue weighted by Crippen LogP contribution is -2.17. The highest BCUT2D eigenvalue weighted by Gasteiger charge is 2.36. The van der Waals surface area contributed by atoms with E-state index >= 15 is 0 Å². The zero-order valence-electron chi connectivity index (χ0n) is 17.0. The van der Waals surface area contributed by atoms with Crippen molar-refractivity contribution in [2.24, 2.45) is 0 Å². The third kappa shape index (κ3) is 5.26. The van der Waals surface area contributed by atoms with E-state index in [0.29, 0.717) is 13.0 Å². The molecule has 0 bridgehead atoms. The summed E-state index contributed by atoms with van der Waals surface area (Å²) >= 11 is 0. The smallest absolute Gasteiger partial charge is 0.417 e. The van der Waals surface area contributed by atoms with Gasteiger partial charge in [-0.2, -0.15) is 18.2 Å². The molecule has 1 aromatic heterocycles. The first-order valence-corrected chi connectivity index (χ1v) is 10.9. The van der Waals surface area contributed by atoms with Gasteiger partial charge in [-0.1, -0.05) is 30.3 Å². The van der Waals surface area contributed by atoms with Gasteiger partial charge < -0.3 is 14.6 Å². The molecule has 0 spiro atoms. The van der Waals surface area contributed by atoms with Gasteiger partial charge in [0, 0.05) is 12.1 Å². The minimum absolute atomic E-state index is 0.0321. The first-order chi connectivity index (χ1) is 14.6. The largest absolute Gasteiger partial charge is 0.419 e. The van der Waals surface area contributed by atoms with Crippen LogP contribution < -0.4 is 5.32 Å². The zero-order valence-corrected chi connectivity index (χ0v) is 17.8. The van der Waals surface area contributed by atoms with Crippen molar-refractivity contribution in [2.45, 2.75) is 22.5 Å². The number of anilines is 1. The Morgan fingerprint density at radius 2 is 1.68 bits per heavy atom. The molecule has 3 rings (SSSR count). The highest BCUT2D eigenvalue weighted by molar-refractivity contribution is 7.91. The number of hydrogen-bond acceptors (Lipinski definition) is 6. The highest BCUT2D eigenvalue weighted by Crippen LogP contribution is 2.39. The summed E-state index contributed by atoms with van der Waals surface area (Å²) in [5.74, 6) is -0.605. The lowest BCUT2D eigenvalue weighted by molar-refractivity contribution is -0.137. The molecule has 6 nitrogen and oxygen atoms in total. The van der Waals surface area contributed by atoms with Crippen molar-refractivity contribution in [3.63, 3.8) is 0 Å². The Hall–Kier alpha value is -2.85. The molecule has 166 valence electrons. The number of nitrogens with zero attached hydrogens (tertiary/aromatic N) is 2. The first-order valence-electron chi connectivity index (χ1n) is 9.47. The monoisotopic (exact) mass is 453 g/mol. The van der Waals surface area contributed by atoms with Crippen LogP contribution in [-0.4, -0.2) is 45.5 Å². The number of nitrogens with one attached hydrogen (secondary N) is 1. The third-order valence-electron chi connectivity index (χ3n) is 4.43. The number of sulfone groups is 1. The first kappa shape index (κ1) is 22.8. The van der Waals surface area contributed by atoms with Gasteiger partial charge in [0.1, 0.15) is 0 Å². The maximum Gasteiger partial charge on any atom is 0.417 e. The van der Waals surface area contributed by atoms with Crippen LogP contribution in [0.4, 0.5) is 19.1 Å². The van der Waals surface area contributed by atoms with E-state index < -0.39 is 32.5 Å². The average molecular weight is 453 g/mol. The fraction of sp³-hybridized carbons (Fsp3) is 0.286. The van der Waals surface area contributed by atoms with Gasteiger partial charge in [0.2, 0.25) is 26.6 Å². The summed E-state index contributed by atoms with van der Waals surface area (Å²) in [7, 11) is -0.328. The predicted molar refractivity (Wildman–Crippen MR) is 110 cm³/mol. The summed E-state index contributed by atoms with van der Waals surface area (Å²) < 4.78 is 72.2. The Kier molecular flexibility index (Phi) is 6.71. The maximum absolute atomic E-state index is 13.5. The van der Waals surface area contributed by atoms with E-state index in [1.807, 2.05) is 19.0 Å². The second kappa shape index (κ2) is 9.11. The lowest BCUT2D eigenvalue weighted by atomic mass is 10.1. The van der Waals surface area contributed by atoms with Crippen molar-refractivity contribution in [3.8, 4) is 11.5 Å². The Morgan fingerprint density at radius 1 is 1.03 bits per heavy atom. The van der Waals surface area contributed by atoms with Gasteiger partial charge in [0.05, 0.1) is 10.5 Å². The van der Waals surface area contributed by atoms with Gasteiger partial charge in [-0.3, -0.25) is 0 Å². The molecule has 1 N–H and O–H groups in total. The minimum Gasteiger partial charge on any atom is -0.419 e. The van der Waals surface area contributed by atoms with E-state index in [2.05, 4.69) is 10.3 Å². The SMILES string of the molecule is CN(C)CCCNc1oc(-c2ccccc2C(F)(F)F)nc1S(=O)(=O)c1ccccc1. The Labute approximate surface area is 178 Å². The van der Waals surface area contributed by atoms with Gasteiger partial charge in [0.15, 0.2) is 0 Å². The molecule has 0 radical (unpaired) electrons. The molecule has 0 saturated heterocycles. The molecule has 0 fully saturated rings. The van der Waals surface area contributed by atoms with Crippen LogP contribution in [-0.2, 0) is 16.0 Å². The lowest BCUT2D eigenvalue weighted by Gasteiger charge is -2.10. The molecular weight excluding hydrogens is 431 g/mol. The van der Waals surface area contributed by atoms with Gasteiger partial charge in [-0.15, -0.1) is 0 Å². The van der Waals surface area contributed by atoms with Crippen molar-refractivity contribution < 1.29 is 26.0 Å². The number of oxazole rings is 1. The van der Waals surface area contributed by atoms with Crippen molar-refractivity contribution in [3.05, 3.63) is 60.2 Å². The quantitative estimate of drug-likeness (QED) is 0.504. The van der Waals surface area contributed by atoms with Crippen molar-refractivity contribution in [1.82, 2.24) is 9.88 Å². The van der Waals surface area contributed by atoms with Gasteiger partial charge >= 0.3 is 6.18 Å². The third-order valence-corrected chi connectivity index (χ3v) is 6.11. The fourth-order valence-corrected chi connectivity index (χ4v) is 4.24. The van der Waals surface area contributed by atoms with E-state index in [9.17, 15) is 21.6 Å². The maximum atomic E-state index is 13.5. The molecule has 0 aliphatic rings. The molecule has 2 aromatic carbocycles. The summed E-state index contributed by atoms with van der Waals surface area (Å²) in [5.41, 5.74) is -1.29. The molecule has 0 atom stereocenters. The number of rotatable bonds is 8. The van der Waals surface area contributed by atoms with Crippen molar-refractivity contribution in [2.75, 3.05) is 32.5 Å². The number of halogens is 3. The summed E-state index contributed by atoms with van der Waals surface area (Å²) in [6.45, 7) is 1.08. The van der Waals surface area contributed by atoms with Crippen LogP contribution in [0.2, 0.25) is 0 Å². The highest BCUT2D eigenvalue weighted by atomic mass is 32.2. The minimum atomic E-state index is -4.65. The van der Waals surface area contributed by atoms with E-state index in [-0.39, 0.29) is 16.3 Å². The predicted octanol–water partition coefficient (Wildman–Crippen LogP) is 4.56. The molecule has 3 aromatic rings. The fourth-order valence-electron chi connectivity index (χ4n) is 2.94. The van der Waals surface area contributed by atoms with Crippen LogP contribution in [0.25, 0.3) is 11.5 Å². The Morgan fingerprint density at radius 3 is 2.32 bits per heavy atom. The van der Waals surface area contributed by atoms with Crippen LogP contribution in [0.5, 0.6) is 0 Å². The topological polar surface area (TPSA) is 75.4 Å². The summed E-state index contributed by atoms with van der Waals surface area (Å²) in [5, 5.41) is 2.43. The van der Waals surface area contributed by atoms with E-state index in [1.54, 1.807) is 18.2 Å². The summed E-state index contributed by atoms with van der Waals surface area (Å²) in [6, 6.07) is 12.3. The van der Waals surface area contributed by atoms with Gasteiger partial charge in [0.25, 0.3) is 0 Å². The Balaban J connectivity index is 2.07. The molecule has 0 amide bonds. The van der Waals surface area contributed by atoms with Crippen molar-refractivity contribution in [1.29, 1.82) is 0 Å². The molecule has 10 heteroatoms. The normalized spacial score (nSPS) is 12.3. The second-order valence-corrected chi connectivity index (χ2v) is 8.96. The number of benzene rings is 2. The standard InChI is InChI=1S/C21H22F3N3O3S/c1-27(2)14-8-13-25-19-20(31(28,29)15-9-4-3-5-10-15)26-18(30-19)16-11-6-7-12-17(16)21(22,23)24/h3-7,9-12,25H,8,13-14H2,1-2H3. The van der Waals surface area contributed by atoms with Crippen LogP contribution in [0, 0.1) is 0 Å². The molecule has 31 heavy (non-hydrogen) atoms. The molecule has 0 unspecified atom stereocenters. The molecule has 0 aliphatic heterocycles. The van der Waals surface area contributed by atoms with Gasteiger partial charge in [-0.25, -0.2) is 8.42 Å². The average Bonchev–Trinajstić information content (AvgIpc) is 3.16. The number of alkyl halides is 3. The van der Waals surface area contributed by atoms with E-state index in [1.165, 1.54) is 30.3 Å². The zero-order chi connectivity index (χ0) is 22.6. The van der Waals surface area contributed by atoms with Crippen LogP contribution >= 0.6 is 0 Å². The Bertz CT molecular complexity index is 1130. The van der Waals surface area contributed by atoms with E-state index in [0.717, 1.165) is 12.6 Å². The van der Waals surface area contributed by atoms with Crippen LogP contribution in [0.15, 0.2) is 68.9 Å². The molecule has 0 saturated carbocycles. The van der Waals surface area contributed by atoms with E-state index in [4.69, 9.17) is 4.42 Å². The van der Waals surface area contributed by atoms with Crippen LogP contribution in [0.3, 0.4) is 0 Å².